The second-order valence-corrected chi connectivity index (χ2v) is 9.73. The van der Waals surface area contributed by atoms with Crippen LogP contribution in [0, 0.1) is 0 Å². The summed E-state index contributed by atoms with van der Waals surface area (Å²) >= 11 is 0. The average molecular weight is 505 g/mol. The van der Waals surface area contributed by atoms with E-state index in [2.05, 4.69) is 24.9 Å². The highest BCUT2D eigenvalue weighted by molar-refractivity contribution is 7.89. The van der Waals surface area contributed by atoms with E-state index in [4.69, 9.17) is 9.47 Å². The lowest BCUT2D eigenvalue weighted by Crippen LogP contribution is -2.29. The van der Waals surface area contributed by atoms with Crippen molar-refractivity contribution in [1.82, 2.24) is 29.5 Å². The molecule has 3 heterocycles. The maximum absolute atomic E-state index is 13.0. The van der Waals surface area contributed by atoms with Crippen molar-refractivity contribution >= 4 is 20.9 Å². The van der Waals surface area contributed by atoms with Gasteiger partial charge in [0.15, 0.2) is 5.82 Å². The van der Waals surface area contributed by atoms with Crippen LogP contribution in [0.2, 0.25) is 0 Å². The first-order valence-corrected chi connectivity index (χ1v) is 12.8. The lowest BCUT2D eigenvalue weighted by atomic mass is 10.2. The first-order chi connectivity index (χ1) is 17.4. The number of aromatic amines is 1. The van der Waals surface area contributed by atoms with Gasteiger partial charge in [-0.2, -0.15) is 0 Å². The predicted octanol–water partition coefficient (Wildman–Crippen LogP) is 4.80. The number of rotatable bonds is 9. The molecule has 0 spiro atoms. The standard InChI is InChI=1S/C25H24N6O4S/c1-3-31-24(28-29-25(31)35-21-5-4-18-10-15-27-23(18)16-21)17(2)30-36(32,33)22-8-6-19(7-9-22)34-20-11-13-26-14-12-20/h4-17,27,30H,3H2,1-2H3/t17-/m1/s1. The van der Waals surface area contributed by atoms with Crippen LogP contribution in [-0.4, -0.2) is 33.2 Å². The van der Waals surface area contributed by atoms with E-state index in [0.717, 1.165) is 10.9 Å². The second kappa shape index (κ2) is 9.80. The molecule has 1 atom stereocenters. The molecule has 0 bridgehead atoms. The molecule has 0 aliphatic rings. The highest BCUT2D eigenvalue weighted by Gasteiger charge is 2.24. The Morgan fingerprint density at radius 1 is 0.944 bits per heavy atom. The van der Waals surface area contributed by atoms with Crippen molar-refractivity contribution in [1.29, 1.82) is 0 Å². The molecule has 184 valence electrons. The van der Waals surface area contributed by atoms with E-state index in [1.165, 1.54) is 12.1 Å². The van der Waals surface area contributed by atoms with Crippen molar-refractivity contribution in [3.05, 3.63) is 85.1 Å². The SMILES string of the molecule is CCn1c(Oc2ccc3cc[nH]c3c2)nnc1[C@@H](C)NS(=O)(=O)c1ccc(Oc2ccncc2)cc1. The van der Waals surface area contributed by atoms with Crippen LogP contribution in [0.1, 0.15) is 25.7 Å². The Kier molecular flexibility index (Phi) is 6.40. The number of H-pyrrole nitrogens is 1. The van der Waals surface area contributed by atoms with Gasteiger partial charge < -0.3 is 14.5 Å². The number of hydrogen-bond donors (Lipinski definition) is 2. The van der Waals surface area contributed by atoms with Gasteiger partial charge in [-0.3, -0.25) is 9.55 Å². The van der Waals surface area contributed by atoms with E-state index < -0.39 is 16.1 Å². The van der Waals surface area contributed by atoms with E-state index >= 15 is 0 Å². The van der Waals surface area contributed by atoms with Crippen molar-refractivity contribution < 1.29 is 17.9 Å². The van der Waals surface area contributed by atoms with E-state index in [9.17, 15) is 8.42 Å². The number of fused-ring (bicyclic) bond motifs is 1. The van der Waals surface area contributed by atoms with Gasteiger partial charge in [-0.1, -0.05) is 5.10 Å². The molecule has 0 aliphatic carbocycles. The topological polar surface area (TPSA) is 124 Å². The number of pyridine rings is 1. The normalized spacial score (nSPS) is 12.5. The number of ether oxygens (including phenoxy) is 2. The maximum atomic E-state index is 13.0. The molecule has 0 saturated heterocycles. The third kappa shape index (κ3) is 4.92. The molecule has 2 N–H and O–H groups in total. The van der Waals surface area contributed by atoms with Crippen LogP contribution in [-0.2, 0) is 16.6 Å². The monoisotopic (exact) mass is 504 g/mol. The summed E-state index contributed by atoms with van der Waals surface area (Å²) in [5, 5.41) is 9.42. The zero-order valence-electron chi connectivity index (χ0n) is 19.6. The largest absolute Gasteiger partial charge is 0.457 e. The summed E-state index contributed by atoms with van der Waals surface area (Å²) in [5.74, 6) is 2.16. The van der Waals surface area contributed by atoms with Crippen LogP contribution in [0.15, 0.2) is 84.1 Å². The molecule has 3 aromatic heterocycles. The fourth-order valence-electron chi connectivity index (χ4n) is 3.77. The summed E-state index contributed by atoms with van der Waals surface area (Å²) in [6.07, 6.45) is 5.09. The Labute approximate surface area is 208 Å². The van der Waals surface area contributed by atoms with Crippen molar-refractivity contribution in [2.75, 3.05) is 0 Å². The molecule has 0 aliphatic heterocycles. The summed E-state index contributed by atoms with van der Waals surface area (Å²) in [6, 6.07) is 16.9. The molecule has 36 heavy (non-hydrogen) atoms. The van der Waals surface area contributed by atoms with E-state index in [1.807, 2.05) is 37.4 Å². The Balaban J connectivity index is 1.30. The Morgan fingerprint density at radius 3 is 2.42 bits per heavy atom. The zero-order valence-corrected chi connectivity index (χ0v) is 20.4. The first kappa shape index (κ1) is 23.5. The molecule has 0 unspecified atom stereocenters. The van der Waals surface area contributed by atoms with E-state index in [1.54, 1.807) is 48.1 Å². The Morgan fingerprint density at radius 2 is 1.67 bits per heavy atom. The minimum atomic E-state index is -3.83. The van der Waals surface area contributed by atoms with Gasteiger partial charge in [0.2, 0.25) is 10.0 Å². The van der Waals surface area contributed by atoms with Crippen molar-refractivity contribution in [2.45, 2.75) is 31.3 Å². The van der Waals surface area contributed by atoms with Crippen LogP contribution < -0.4 is 14.2 Å². The molecule has 0 saturated carbocycles. The van der Waals surface area contributed by atoms with Gasteiger partial charge in [-0.15, -0.1) is 5.10 Å². The molecule has 5 aromatic rings. The number of sulfonamides is 1. The molecule has 2 aromatic carbocycles. The van der Waals surface area contributed by atoms with E-state index in [0.29, 0.717) is 29.6 Å². The smallest absolute Gasteiger partial charge is 0.322 e. The fourth-order valence-corrected chi connectivity index (χ4v) is 4.97. The van der Waals surface area contributed by atoms with Crippen molar-refractivity contribution in [3.63, 3.8) is 0 Å². The summed E-state index contributed by atoms with van der Waals surface area (Å²) in [5.41, 5.74) is 0.939. The van der Waals surface area contributed by atoms with Gasteiger partial charge in [-0.05, 0) is 73.8 Å². The van der Waals surface area contributed by atoms with Crippen molar-refractivity contribution in [2.24, 2.45) is 0 Å². The molecule has 0 amide bonds. The minimum absolute atomic E-state index is 0.106. The molecule has 11 heteroatoms. The van der Waals surface area contributed by atoms with Crippen molar-refractivity contribution in [3.8, 4) is 23.3 Å². The van der Waals surface area contributed by atoms with Gasteiger partial charge in [-0.25, -0.2) is 13.1 Å². The highest BCUT2D eigenvalue weighted by atomic mass is 32.2. The third-order valence-corrected chi connectivity index (χ3v) is 7.09. The van der Waals surface area contributed by atoms with Crippen LogP contribution in [0.5, 0.6) is 23.3 Å². The quantitative estimate of drug-likeness (QED) is 0.295. The molecule has 0 fully saturated rings. The number of hydrogen-bond acceptors (Lipinski definition) is 7. The number of aromatic nitrogens is 5. The van der Waals surface area contributed by atoms with Gasteiger partial charge in [0.25, 0.3) is 0 Å². The summed E-state index contributed by atoms with van der Waals surface area (Å²) in [4.78, 5) is 7.19. The van der Waals surface area contributed by atoms with Gasteiger partial charge in [0.05, 0.1) is 10.9 Å². The Bertz CT molecular complexity index is 1580. The maximum Gasteiger partial charge on any atom is 0.322 e. The van der Waals surface area contributed by atoms with Gasteiger partial charge >= 0.3 is 6.01 Å². The number of nitrogens with zero attached hydrogens (tertiary/aromatic N) is 4. The third-order valence-electron chi connectivity index (χ3n) is 5.54. The zero-order chi connectivity index (χ0) is 25.1. The summed E-state index contributed by atoms with van der Waals surface area (Å²) in [6.45, 7) is 4.12. The molecular formula is C25H24N6O4S. The lowest BCUT2D eigenvalue weighted by Gasteiger charge is -2.15. The van der Waals surface area contributed by atoms with E-state index in [-0.39, 0.29) is 10.9 Å². The predicted molar refractivity (Wildman–Crippen MR) is 134 cm³/mol. The van der Waals surface area contributed by atoms with Crippen LogP contribution in [0.25, 0.3) is 10.9 Å². The highest BCUT2D eigenvalue weighted by Crippen LogP contribution is 2.27. The summed E-state index contributed by atoms with van der Waals surface area (Å²) < 4.78 is 42.1. The fraction of sp³-hybridized carbons (Fsp3) is 0.160. The molecule has 5 rings (SSSR count). The second-order valence-electron chi connectivity index (χ2n) is 8.01. The Hall–Kier alpha value is -4.22. The lowest BCUT2D eigenvalue weighted by molar-refractivity contribution is 0.408. The molecule has 0 radical (unpaired) electrons. The van der Waals surface area contributed by atoms with Crippen LogP contribution in [0.3, 0.4) is 0 Å². The molecular weight excluding hydrogens is 480 g/mol. The van der Waals surface area contributed by atoms with Crippen LogP contribution >= 0.6 is 0 Å². The summed E-state index contributed by atoms with van der Waals surface area (Å²) in [7, 11) is -3.83. The number of nitrogens with one attached hydrogen (secondary N) is 2. The molecule has 10 nitrogen and oxygen atoms in total. The average Bonchev–Trinajstić information content (AvgIpc) is 3.51. The van der Waals surface area contributed by atoms with Gasteiger partial charge in [0, 0.05) is 36.7 Å². The van der Waals surface area contributed by atoms with Gasteiger partial charge in [0.1, 0.15) is 17.2 Å². The number of benzene rings is 2. The minimum Gasteiger partial charge on any atom is -0.457 e. The van der Waals surface area contributed by atoms with Crippen LogP contribution in [0.4, 0.5) is 0 Å². The first-order valence-electron chi connectivity index (χ1n) is 11.3.